The van der Waals surface area contributed by atoms with Crippen molar-refractivity contribution in [2.24, 2.45) is 11.8 Å². The van der Waals surface area contributed by atoms with Crippen molar-refractivity contribution in [1.29, 1.82) is 0 Å². The predicted molar refractivity (Wildman–Crippen MR) is 68.9 cm³/mol. The van der Waals surface area contributed by atoms with Gasteiger partial charge >= 0.3 is 12.0 Å². The third-order valence-electron chi connectivity index (χ3n) is 4.00. The van der Waals surface area contributed by atoms with Gasteiger partial charge in [0.1, 0.15) is 0 Å². The Bertz CT molecular complexity index is 327. The zero-order chi connectivity index (χ0) is 13.7. The van der Waals surface area contributed by atoms with Crippen molar-refractivity contribution < 1.29 is 19.4 Å². The number of carboxylic acids is 1. The van der Waals surface area contributed by atoms with Gasteiger partial charge in [0.2, 0.25) is 0 Å². The number of carbonyl (C=O) groups is 2. The molecule has 108 valence electrons. The van der Waals surface area contributed by atoms with Crippen molar-refractivity contribution in [2.45, 2.75) is 25.7 Å². The van der Waals surface area contributed by atoms with Crippen LogP contribution in [0, 0.1) is 11.8 Å². The highest BCUT2D eigenvalue weighted by Gasteiger charge is 2.33. The maximum Gasteiger partial charge on any atom is 0.317 e. The lowest BCUT2D eigenvalue weighted by Crippen LogP contribution is -2.43. The summed E-state index contributed by atoms with van der Waals surface area (Å²) < 4.78 is 5.30. The van der Waals surface area contributed by atoms with Gasteiger partial charge in [-0.25, -0.2) is 4.79 Å². The van der Waals surface area contributed by atoms with E-state index in [1.807, 2.05) is 0 Å². The van der Waals surface area contributed by atoms with Gasteiger partial charge in [-0.05, 0) is 25.2 Å². The number of hydrogen-bond donors (Lipinski definition) is 2. The van der Waals surface area contributed by atoms with Crippen molar-refractivity contribution in [3.63, 3.8) is 0 Å². The molecule has 19 heavy (non-hydrogen) atoms. The van der Waals surface area contributed by atoms with Gasteiger partial charge < -0.3 is 20.1 Å². The minimum Gasteiger partial charge on any atom is -0.481 e. The Morgan fingerprint density at radius 1 is 1.21 bits per heavy atom. The summed E-state index contributed by atoms with van der Waals surface area (Å²) >= 11 is 0. The summed E-state index contributed by atoms with van der Waals surface area (Å²) in [6, 6.07) is -0.0958. The van der Waals surface area contributed by atoms with E-state index in [1.54, 1.807) is 4.90 Å². The molecule has 2 rings (SSSR count). The fraction of sp³-hybridized carbons (Fsp3) is 0.846. The van der Waals surface area contributed by atoms with E-state index < -0.39 is 5.97 Å². The number of urea groups is 1. The monoisotopic (exact) mass is 270 g/mol. The first kappa shape index (κ1) is 14.1. The van der Waals surface area contributed by atoms with Crippen LogP contribution in [0.2, 0.25) is 0 Å². The average Bonchev–Trinajstić information content (AvgIpc) is 2.69. The Hall–Kier alpha value is -1.30. The quantitative estimate of drug-likeness (QED) is 0.799. The number of nitrogens with zero attached hydrogens (tertiary/aromatic N) is 1. The minimum absolute atomic E-state index is 0.0738. The van der Waals surface area contributed by atoms with Crippen LogP contribution in [0.5, 0.6) is 0 Å². The number of aliphatic carboxylic acids is 1. The lowest BCUT2D eigenvalue weighted by Gasteiger charge is -2.22. The van der Waals surface area contributed by atoms with Crippen molar-refractivity contribution in [3.8, 4) is 0 Å². The van der Waals surface area contributed by atoms with Crippen LogP contribution in [0.25, 0.3) is 0 Å². The van der Waals surface area contributed by atoms with Crippen molar-refractivity contribution >= 4 is 12.0 Å². The summed E-state index contributed by atoms with van der Waals surface area (Å²) in [6.07, 6.45) is 3.41. The molecule has 0 aromatic heterocycles. The second-order valence-corrected chi connectivity index (χ2v) is 5.27. The largest absolute Gasteiger partial charge is 0.481 e. The zero-order valence-corrected chi connectivity index (χ0v) is 11.1. The number of nitrogens with one attached hydrogen (secondary N) is 1. The third kappa shape index (κ3) is 3.83. The van der Waals surface area contributed by atoms with E-state index in [0.29, 0.717) is 32.8 Å². The lowest BCUT2D eigenvalue weighted by molar-refractivity contribution is -0.142. The van der Waals surface area contributed by atoms with E-state index in [4.69, 9.17) is 9.84 Å². The fourth-order valence-electron chi connectivity index (χ4n) is 2.89. The normalized spacial score (nSPS) is 27.9. The van der Waals surface area contributed by atoms with Gasteiger partial charge in [0, 0.05) is 26.2 Å². The Balaban J connectivity index is 1.77. The minimum atomic E-state index is -0.736. The number of carbonyl (C=O) groups excluding carboxylic acids is 1. The Labute approximate surface area is 113 Å². The molecule has 1 saturated heterocycles. The zero-order valence-electron chi connectivity index (χ0n) is 11.1. The maximum absolute atomic E-state index is 12.0. The summed E-state index contributed by atoms with van der Waals surface area (Å²) in [4.78, 5) is 24.8. The standard InChI is InChI=1S/C13H22N2O4/c16-12(17)11-4-1-3-10(11)9-14-13(18)15-5-2-7-19-8-6-15/h10-11H,1-9H2,(H,14,18)(H,16,17). The number of ether oxygens (including phenoxy) is 1. The molecular weight excluding hydrogens is 248 g/mol. The van der Waals surface area contributed by atoms with Crippen molar-refractivity contribution in [3.05, 3.63) is 0 Å². The van der Waals surface area contributed by atoms with Crippen LogP contribution in [0.15, 0.2) is 0 Å². The van der Waals surface area contributed by atoms with Gasteiger partial charge in [-0.3, -0.25) is 4.79 Å². The first-order valence-corrected chi connectivity index (χ1v) is 7.02. The molecule has 2 atom stereocenters. The van der Waals surface area contributed by atoms with Crippen LogP contribution in [0.1, 0.15) is 25.7 Å². The molecule has 1 aliphatic heterocycles. The summed E-state index contributed by atoms with van der Waals surface area (Å²) in [5, 5.41) is 12.0. The summed E-state index contributed by atoms with van der Waals surface area (Å²) in [5.41, 5.74) is 0. The van der Waals surface area contributed by atoms with Gasteiger partial charge in [0.15, 0.2) is 0 Å². The molecule has 0 aromatic rings. The van der Waals surface area contributed by atoms with E-state index in [9.17, 15) is 9.59 Å². The first-order valence-electron chi connectivity index (χ1n) is 7.02. The molecule has 6 nitrogen and oxygen atoms in total. The van der Waals surface area contributed by atoms with E-state index in [0.717, 1.165) is 25.7 Å². The molecule has 1 aliphatic carbocycles. The molecule has 6 heteroatoms. The van der Waals surface area contributed by atoms with Crippen LogP contribution in [-0.2, 0) is 9.53 Å². The third-order valence-corrected chi connectivity index (χ3v) is 4.00. The predicted octanol–water partition coefficient (Wildman–Crippen LogP) is 0.919. The summed E-state index contributed by atoms with van der Waals surface area (Å²) in [5.74, 6) is -0.961. The van der Waals surface area contributed by atoms with Crippen molar-refractivity contribution in [2.75, 3.05) is 32.8 Å². The maximum atomic E-state index is 12.0. The molecule has 1 heterocycles. The molecular formula is C13H22N2O4. The SMILES string of the molecule is O=C(O)C1CCCC1CNC(=O)N1CCCOCC1. The van der Waals surface area contributed by atoms with E-state index in [-0.39, 0.29) is 17.9 Å². The van der Waals surface area contributed by atoms with Crippen molar-refractivity contribution in [1.82, 2.24) is 10.2 Å². The highest BCUT2D eigenvalue weighted by molar-refractivity contribution is 5.74. The molecule has 1 saturated carbocycles. The van der Waals surface area contributed by atoms with Gasteiger partial charge in [-0.15, -0.1) is 0 Å². The Morgan fingerprint density at radius 2 is 2.05 bits per heavy atom. The Kier molecular flexibility index (Phi) is 5.01. The Morgan fingerprint density at radius 3 is 2.84 bits per heavy atom. The van der Waals surface area contributed by atoms with E-state index in [2.05, 4.69) is 5.32 Å². The number of carboxylic acid groups (broad SMARTS) is 1. The van der Waals surface area contributed by atoms with Crippen LogP contribution in [0.3, 0.4) is 0 Å². The second kappa shape index (κ2) is 6.75. The summed E-state index contributed by atoms with van der Waals surface area (Å²) in [6.45, 7) is 3.06. The summed E-state index contributed by atoms with van der Waals surface area (Å²) in [7, 11) is 0. The van der Waals surface area contributed by atoms with Gasteiger partial charge in [-0.2, -0.15) is 0 Å². The number of amides is 2. The first-order chi connectivity index (χ1) is 9.18. The fourth-order valence-corrected chi connectivity index (χ4v) is 2.89. The molecule has 0 spiro atoms. The van der Waals surface area contributed by atoms with Crippen LogP contribution < -0.4 is 5.32 Å². The number of hydrogen-bond acceptors (Lipinski definition) is 3. The lowest BCUT2D eigenvalue weighted by atomic mass is 9.96. The molecule has 2 fully saturated rings. The van der Waals surface area contributed by atoms with E-state index in [1.165, 1.54) is 0 Å². The second-order valence-electron chi connectivity index (χ2n) is 5.27. The van der Waals surface area contributed by atoms with Gasteiger partial charge in [0.25, 0.3) is 0 Å². The highest BCUT2D eigenvalue weighted by atomic mass is 16.5. The average molecular weight is 270 g/mol. The topological polar surface area (TPSA) is 78.9 Å². The van der Waals surface area contributed by atoms with E-state index >= 15 is 0 Å². The van der Waals surface area contributed by atoms with Crippen LogP contribution in [0.4, 0.5) is 4.79 Å². The molecule has 2 aliphatic rings. The smallest absolute Gasteiger partial charge is 0.317 e. The van der Waals surface area contributed by atoms with Gasteiger partial charge in [-0.1, -0.05) is 6.42 Å². The molecule has 0 aromatic carbocycles. The molecule has 2 unspecified atom stereocenters. The molecule has 2 N–H and O–H groups in total. The van der Waals surface area contributed by atoms with Gasteiger partial charge in [0.05, 0.1) is 12.5 Å². The molecule has 0 radical (unpaired) electrons. The van der Waals surface area contributed by atoms with Crippen LogP contribution >= 0.6 is 0 Å². The van der Waals surface area contributed by atoms with Crippen LogP contribution in [-0.4, -0.2) is 54.9 Å². The number of rotatable bonds is 3. The highest BCUT2D eigenvalue weighted by Crippen LogP contribution is 2.31. The molecule has 2 amide bonds. The molecule has 0 bridgehead atoms.